The Balaban J connectivity index is 2.07. The average molecular weight is 218 g/mol. The molecule has 1 atom stereocenters. The normalized spacial score (nSPS) is 19.3. The van der Waals surface area contributed by atoms with Crippen LogP contribution in [-0.4, -0.2) is 19.3 Å². The van der Waals surface area contributed by atoms with Gasteiger partial charge in [-0.25, -0.2) is 4.39 Å². The van der Waals surface area contributed by atoms with Crippen LogP contribution >= 0.6 is 0 Å². The highest BCUT2D eigenvalue weighted by Crippen LogP contribution is 2.22. The summed E-state index contributed by atoms with van der Waals surface area (Å²) >= 11 is 0. The van der Waals surface area contributed by atoms with Crippen LogP contribution in [0.5, 0.6) is 5.75 Å². The summed E-state index contributed by atoms with van der Waals surface area (Å²) in [5, 5.41) is 0. The van der Waals surface area contributed by atoms with Crippen molar-refractivity contribution >= 4 is 0 Å². The van der Waals surface area contributed by atoms with Crippen molar-refractivity contribution < 1.29 is 22.6 Å². The zero-order valence-electron chi connectivity index (χ0n) is 7.75. The van der Waals surface area contributed by atoms with E-state index in [0.717, 1.165) is 6.07 Å². The Morgan fingerprint density at radius 2 is 2.20 bits per heavy atom. The fraction of sp³-hybridized carbons (Fsp3) is 0.400. The summed E-state index contributed by atoms with van der Waals surface area (Å²) in [6.07, 6.45) is 0.544. The number of benzene rings is 1. The van der Waals surface area contributed by atoms with Crippen LogP contribution in [0.4, 0.5) is 13.2 Å². The van der Waals surface area contributed by atoms with Crippen LogP contribution in [0, 0.1) is 5.82 Å². The van der Waals surface area contributed by atoms with Gasteiger partial charge in [0.2, 0.25) is 0 Å². The van der Waals surface area contributed by atoms with E-state index >= 15 is 0 Å². The minimum atomic E-state index is -2.93. The molecule has 1 heterocycles. The molecule has 0 aliphatic carbocycles. The van der Waals surface area contributed by atoms with Crippen molar-refractivity contribution in [3.05, 3.63) is 29.6 Å². The number of ether oxygens (including phenoxy) is 2. The molecule has 0 bridgehead atoms. The first-order valence-corrected chi connectivity index (χ1v) is 4.50. The zero-order valence-corrected chi connectivity index (χ0v) is 7.75. The van der Waals surface area contributed by atoms with Crippen LogP contribution in [0.3, 0.4) is 0 Å². The molecule has 1 saturated heterocycles. The van der Waals surface area contributed by atoms with Gasteiger partial charge >= 0.3 is 6.61 Å². The summed E-state index contributed by atoms with van der Waals surface area (Å²) < 4.78 is 45.9. The third kappa shape index (κ3) is 2.86. The van der Waals surface area contributed by atoms with E-state index in [9.17, 15) is 13.2 Å². The van der Waals surface area contributed by atoms with Crippen molar-refractivity contribution in [3.8, 4) is 5.75 Å². The molecule has 0 N–H and O–H groups in total. The molecule has 0 spiro atoms. The highest BCUT2D eigenvalue weighted by Gasteiger charge is 2.24. The molecular weight excluding hydrogens is 209 g/mol. The Morgan fingerprint density at radius 1 is 1.47 bits per heavy atom. The maximum absolute atomic E-state index is 13.3. The van der Waals surface area contributed by atoms with Crippen LogP contribution in [0.1, 0.15) is 5.56 Å². The van der Waals surface area contributed by atoms with Gasteiger partial charge in [0.15, 0.2) is 0 Å². The van der Waals surface area contributed by atoms with Gasteiger partial charge in [-0.2, -0.15) is 8.78 Å². The number of epoxide rings is 1. The second kappa shape index (κ2) is 4.10. The zero-order chi connectivity index (χ0) is 10.8. The third-order valence-electron chi connectivity index (χ3n) is 2.10. The second-order valence-electron chi connectivity index (χ2n) is 3.29. The van der Waals surface area contributed by atoms with Gasteiger partial charge in [0.05, 0.1) is 12.7 Å². The van der Waals surface area contributed by atoms with Gasteiger partial charge in [-0.1, -0.05) is 6.07 Å². The molecule has 5 heteroatoms. The SMILES string of the molecule is Fc1cc(OC(F)F)ccc1CC1CO1. The van der Waals surface area contributed by atoms with Crippen molar-refractivity contribution in [3.63, 3.8) is 0 Å². The summed E-state index contributed by atoms with van der Waals surface area (Å²) in [6, 6.07) is 3.73. The van der Waals surface area contributed by atoms with Gasteiger partial charge < -0.3 is 9.47 Å². The predicted octanol–water partition coefficient (Wildman–Crippen LogP) is 2.37. The van der Waals surface area contributed by atoms with E-state index in [2.05, 4.69) is 4.74 Å². The molecule has 1 fully saturated rings. The number of hydrogen-bond donors (Lipinski definition) is 0. The summed E-state index contributed by atoms with van der Waals surface area (Å²) in [5.41, 5.74) is 0.458. The Bertz CT molecular complexity index is 351. The molecule has 82 valence electrons. The lowest BCUT2D eigenvalue weighted by Gasteiger charge is -2.06. The second-order valence-corrected chi connectivity index (χ2v) is 3.29. The van der Waals surface area contributed by atoms with Gasteiger partial charge in [0, 0.05) is 12.5 Å². The first kappa shape index (κ1) is 10.3. The van der Waals surface area contributed by atoms with Gasteiger partial charge in [0.25, 0.3) is 0 Å². The summed E-state index contributed by atoms with van der Waals surface area (Å²) in [5.74, 6) is -0.702. The quantitative estimate of drug-likeness (QED) is 0.723. The summed E-state index contributed by atoms with van der Waals surface area (Å²) in [4.78, 5) is 0. The van der Waals surface area contributed by atoms with E-state index < -0.39 is 12.4 Å². The van der Waals surface area contributed by atoms with Crippen LogP contribution in [0.25, 0.3) is 0 Å². The molecule has 1 unspecified atom stereocenters. The Labute approximate surface area is 84.6 Å². The minimum absolute atomic E-state index is 0.0707. The smallest absolute Gasteiger partial charge is 0.387 e. The fourth-order valence-electron chi connectivity index (χ4n) is 1.30. The number of hydrogen-bond acceptors (Lipinski definition) is 2. The molecule has 0 aromatic heterocycles. The van der Waals surface area contributed by atoms with Gasteiger partial charge in [0.1, 0.15) is 11.6 Å². The number of alkyl halides is 2. The van der Waals surface area contributed by atoms with Gasteiger partial charge in [-0.15, -0.1) is 0 Å². The number of rotatable bonds is 4. The van der Waals surface area contributed by atoms with E-state index in [1.807, 2.05) is 0 Å². The molecule has 15 heavy (non-hydrogen) atoms. The average Bonchev–Trinajstić information content (AvgIpc) is 2.92. The maximum Gasteiger partial charge on any atom is 0.387 e. The highest BCUT2D eigenvalue weighted by atomic mass is 19.3. The fourth-order valence-corrected chi connectivity index (χ4v) is 1.30. The molecule has 0 amide bonds. The van der Waals surface area contributed by atoms with Crippen molar-refractivity contribution in [2.75, 3.05) is 6.61 Å². The van der Waals surface area contributed by atoms with Crippen LogP contribution in [0.2, 0.25) is 0 Å². The molecule has 1 aromatic carbocycles. The van der Waals surface area contributed by atoms with Crippen LogP contribution in [0.15, 0.2) is 18.2 Å². The van der Waals surface area contributed by atoms with Crippen molar-refractivity contribution in [1.29, 1.82) is 0 Å². The van der Waals surface area contributed by atoms with Crippen LogP contribution < -0.4 is 4.74 Å². The molecule has 2 rings (SSSR count). The van der Waals surface area contributed by atoms with E-state index in [0.29, 0.717) is 18.6 Å². The van der Waals surface area contributed by atoms with Crippen molar-refractivity contribution in [2.24, 2.45) is 0 Å². The van der Waals surface area contributed by atoms with E-state index in [1.165, 1.54) is 12.1 Å². The maximum atomic E-state index is 13.3. The van der Waals surface area contributed by atoms with Crippen molar-refractivity contribution in [1.82, 2.24) is 0 Å². The first-order chi connectivity index (χ1) is 7.15. The van der Waals surface area contributed by atoms with Crippen LogP contribution in [-0.2, 0) is 11.2 Å². The summed E-state index contributed by atoms with van der Waals surface area (Å²) in [7, 11) is 0. The minimum Gasteiger partial charge on any atom is -0.435 e. The lowest BCUT2D eigenvalue weighted by Crippen LogP contribution is -2.03. The van der Waals surface area contributed by atoms with Gasteiger partial charge in [-0.3, -0.25) is 0 Å². The molecule has 1 aliphatic rings. The highest BCUT2D eigenvalue weighted by molar-refractivity contribution is 5.29. The van der Waals surface area contributed by atoms with E-state index in [-0.39, 0.29) is 11.9 Å². The third-order valence-corrected chi connectivity index (χ3v) is 2.10. The molecule has 0 radical (unpaired) electrons. The Hall–Kier alpha value is -1.23. The first-order valence-electron chi connectivity index (χ1n) is 4.50. The lowest BCUT2D eigenvalue weighted by atomic mass is 10.1. The topological polar surface area (TPSA) is 21.8 Å². The standard InChI is InChI=1S/C10H9F3O2/c11-9-4-7(15-10(12)13)2-1-6(9)3-8-5-14-8/h1-2,4,8,10H,3,5H2. The Kier molecular flexibility index (Phi) is 2.81. The monoisotopic (exact) mass is 218 g/mol. The van der Waals surface area contributed by atoms with E-state index in [4.69, 9.17) is 4.74 Å². The largest absolute Gasteiger partial charge is 0.435 e. The van der Waals surface area contributed by atoms with E-state index in [1.54, 1.807) is 0 Å². The van der Waals surface area contributed by atoms with Crippen molar-refractivity contribution in [2.45, 2.75) is 19.1 Å². The molecule has 1 aliphatic heterocycles. The summed E-state index contributed by atoms with van der Waals surface area (Å²) in [6.45, 7) is -2.30. The predicted molar refractivity (Wildman–Crippen MR) is 46.5 cm³/mol. The molecule has 0 saturated carbocycles. The molecular formula is C10H9F3O2. The number of halogens is 3. The molecule has 2 nitrogen and oxygen atoms in total. The van der Waals surface area contributed by atoms with Gasteiger partial charge in [-0.05, 0) is 11.6 Å². The molecule has 1 aromatic rings. The Morgan fingerprint density at radius 3 is 2.73 bits per heavy atom. The lowest BCUT2D eigenvalue weighted by molar-refractivity contribution is -0.0500.